The number of hydrogen-bond acceptors (Lipinski definition) is 5. The highest BCUT2D eigenvalue weighted by atomic mass is 35.5. The quantitative estimate of drug-likeness (QED) is 0.390. The van der Waals surface area contributed by atoms with E-state index in [0.29, 0.717) is 17.3 Å². The minimum Gasteiger partial charge on any atom is -0.491 e. The number of carbonyl (C=O) groups is 3. The number of aryl methyl sites for hydroxylation is 1. The Balaban J connectivity index is 1.71. The van der Waals surface area contributed by atoms with Crippen molar-refractivity contribution in [2.75, 3.05) is 19.7 Å². The summed E-state index contributed by atoms with van der Waals surface area (Å²) in [6, 6.07) is 13.0. The number of aliphatic carboxylic acids is 1. The van der Waals surface area contributed by atoms with Gasteiger partial charge in [0.05, 0.1) is 13.0 Å². The first-order chi connectivity index (χ1) is 16.8. The molecule has 2 aromatic carbocycles. The van der Waals surface area contributed by atoms with Gasteiger partial charge < -0.3 is 9.84 Å². The second kappa shape index (κ2) is 12.7. The number of likely N-dealkylation sites (tertiary alicyclic amines) is 1. The van der Waals surface area contributed by atoms with Crippen molar-refractivity contribution in [2.24, 2.45) is 0 Å². The number of benzene rings is 2. The zero-order valence-corrected chi connectivity index (χ0v) is 21.1. The third kappa shape index (κ3) is 7.54. The van der Waals surface area contributed by atoms with Crippen molar-refractivity contribution in [1.29, 1.82) is 0 Å². The SMILES string of the molecule is CCCCN(Cc1ccc(OCCN2C(=O)CCC2=O)c(C)c1)C(CC(=O)O)c1ccc(Cl)cc1. The second-order valence-corrected chi connectivity index (χ2v) is 9.31. The molecule has 0 spiro atoms. The number of unbranched alkanes of at least 4 members (excludes halogenated alkanes) is 1. The second-order valence-electron chi connectivity index (χ2n) is 8.88. The largest absolute Gasteiger partial charge is 0.491 e. The van der Waals surface area contributed by atoms with Crippen LogP contribution in [-0.4, -0.2) is 52.4 Å². The van der Waals surface area contributed by atoms with E-state index in [0.717, 1.165) is 36.1 Å². The van der Waals surface area contributed by atoms with Gasteiger partial charge >= 0.3 is 5.97 Å². The maximum Gasteiger partial charge on any atom is 0.305 e. The number of rotatable bonds is 13. The molecule has 0 saturated carbocycles. The fourth-order valence-corrected chi connectivity index (χ4v) is 4.47. The van der Waals surface area contributed by atoms with Crippen molar-refractivity contribution in [2.45, 2.75) is 58.5 Å². The molecule has 188 valence electrons. The molecule has 0 aromatic heterocycles. The van der Waals surface area contributed by atoms with Gasteiger partial charge in [0.25, 0.3) is 0 Å². The summed E-state index contributed by atoms with van der Waals surface area (Å²) >= 11 is 6.06. The number of amides is 2. The van der Waals surface area contributed by atoms with Crippen LogP contribution >= 0.6 is 11.6 Å². The normalized spacial score (nSPS) is 14.6. The fourth-order valence-electron chi connectivity index (χ4n) is 4.34. The summed E-state index contributed by atoms with van der Waals surface area (Å²) in [5, 5.41) is 10.2. The number of carboxylic acids is 1. The molecule has 3 rings (SSSR count). The average Bonchev–Trinajstić information content (AvgIpc) is 3.14. The van der Waals surface area contributed by atoms with Gasteiger partial charge in [0, 0.05) is 30.5 Å². The van der Waals surface area contributed by atoms with E-state index in [1.54, 1.807) is 12.1 Å². The summed E-state index contributed by atoms with van der Waals surface area (Å²) in [5.41, 5.74) is 2.93. The zero-order valence-electron chi connectivity index (χ0n) is 20.3. The summed E-state index contributed by atoms with van der Waals surface area (Å²) in [7, 11) is 0. The number of nitrogens with zero attached hydrogens (tertiary/aromatic N) is 2. The lowest BCUT2D eigenvalue weighted by Crippen LogP contribution is -2.33. The van der Waals surface area contributed by atoms with Crippen LogP contribution in [0.15, 0.2) is 42.5 Å². The zero-order chi connectivity index (χ0) is 25.4. The summed E-state index contributed by atoms with van der Waals surface area (Å²) in [5.74, 6) is -0.432. The van der Waals surface area contributed by atoms with Crippen LogP contribution in [0.3, 0.4) is 0 Å². The first-order valence-corrected chi connectivity index (χ1v) is 12.4. The Morgan fingerprint density at radius 2 is 1.83 bits per heavy atom. The Hall–Kier alpha value is -2.90. The fraction of sp³-hybridized carbons (Fsp3) is 0.444. The molecule has 2 amide bonds. The molecule has 1 fully saturated rings. The Labute approximate surface area is 211 Å². The van der Waals surface area contributed by atoms with E-state index in [4.69, 9.17) is 16.3 Å². The summed E-state index contributed by atoms with van der Waals surface area (Å²) in [4.78, 5) is 38.7. The van der Waals surface area contributed by atoms with Gasteiger partial charge in [-0.25, -0.2) is 0 Å². The van der Waals surface area contributed by atoms with Crippen molar-refractivity contribution in [3.63, 3.8) is 0 Å². The number of carbonyl (C=O) groups excluding carboxylic acids is 2. The molecule has 1 heterocycles. The lowest BCUT2D eigenvalue weighted by molar-refractivity contribution is -0.140. The molecule has 1 saturated heterocycles. The highest BCUT2D eigenvalue weighted by molar-refractivity contribution is 6.30. The van der Waals surface area contributed by atoms with E-state index in [1.807, 2.05) is 37.3 Å². The van der Waals surface area contributed by atoms with Gasteiger partial charge in [0.1, 0.15) is 12.4 Å². The van der Waals surface area contributed by atoms with Crippen LogP contribution in [0.1, 0.15) is 61.8 Å². The van der Waals surface area contributed by atoms with Crippen molar-refractivity contribution in [3.05, 3.63) is 64.2 Å². The molecule has 2 aromatic rings. The molecule has 35 heavy (non-hydrogen) atoms. The standard InChI is InChI=1S/C27H33ClN2O5/c1-3-4-13-29(23(17-27(33)34)21-6-8-22(28)9-7-21)18-20-5-10-24(19(2)16-20)35-15-14-30-25(31)11-12-26(30)32/h5-10,16,23H,3-4,11-15,17-18H2,1-2H3,(H,33,34). The molecule has 1 atom stereocenters. The Morgan fingerprint density at radius 1 is 1.14 bits per heavy atom. The molecule has 1 unspecified atom stereocenters. The number of carboxylic acid groups (broad SMARTS) is 1. The molecule has 0 radical (unpaired) electrons. The van der Waals surface area contributed by atoms with Crippen molar-refractivity contribution in [1.82, 2.24) is 9.80 Å². The van der Waals surface area contributed by atoms with Crippen LogP contribution in [0.5, 0.6) is 5.75 Å². The van der Waals surface area contributed by atoms with E-state index in [2.05, 4.69) is 11.8 Å². The predicted molar refractivity (Wildman–Crippen MR) is 134 cm³/mol. The molecule has 1 aliphatic heterocycles. The summed E-state index contributed by atoms with van der Waals surface area (Å²) in [6.07, 6.45) is 2.52. The molecule has 1 N–H and O–H groups in total. The number of imide groups is 1. The molecule has 1 aliphatic rings. The molecular formula is C27H33ClN2O5. The van der Waals surface area contributed by atoms with Crippen LogP contribution in [0, 0.1) is 6.92 Å². The third-order valence-corrected chi connectivity index (χ3v) is 6.47. The summed E-state index contributed by atoms with van der Waals surface area (Å²) < 4.78 is 5.85. The van der Waals surface area contributed by atoms with Gasteiger partial charge in [-0.1, -0.05) is 49.2 Å². The first-order valence-electron chi connectivity index (χ1n) is 12.0. The molecule has 7 nitrogen and oxygen atoms in total. The van der Waals surface area contributed by atoms with Crippen LogP contribution in [0.2, 0.25) is 5.02 Å². The highest BCUT2D eigenvalue weighted by Crippen LogP contribution is 2.29. The molecule has 0 bridgehead atoms. The average molecular weight is 501 g/mol. The van der Waals surface area contributed by atoms with Gasteiger partial charge in [-0.2, -0.15) is 0 Å². The van der Waals surface area contributed by atoms with Crippen molar-refractivity contribution in [3.8, 4) is 5.75 Å². The number of ether oxygens (including phenoxy) is 1. The third-order valence-electron chi connectivity index (χ3n) is 6.21. The lowest BCUT2D eigenvalue weighted by Gasteiger charge is -2.31. The minimum absolute atomic E-state index is 0.000532. The summed E-state index contributed by atoms with van der Waals surface area (Å²) in [6.45, 7) is 5.94. The predicted octanol–water partition coefficient (Wildman–Crippen LogP) is 4.99. The van der Waals surface area contributed by atoms with Crippen LogP contribution in [0.25, 0.3) is 0 Å². The lowest BCUT2D eigenvalue weighted by atomic mass is 10.00. The Morgan fingerprint density at radius 3 is 2.43 bits per heavy atom. The number of halogens is 1. The van der Waals surface area contributed by atoms with Gasteiger partial charge in [-0.05, 0) is 54.8 Å². The smallest absolute Gasteiger partial charge is 0.305 e. The number of hydrogen-bond donors (Lipinski definition) is 1. The minimum atomic E-state index is -0.846. The Kier molecular flexibility index (Phi) is 9.69. The van der Waals surface area contributed by atoms with Crippen molar-refractivity contribution < 1.29 is 24.2 Å². The van der Waals surface area contributed by atoms with Gasteiger partial charge in [-0.3, -0.25) is 24.2 Å². The van der Waals surface area contributed by atoms with E-state index in [-0.39, 0.29) is 50.3 Å². The van der Waals surface area contributed by atoms with Crippen molar-refractivity contribution >= 4 is 29.4 Å². The van der Waals surface area contributed by atoms with E-state index >= 15 is 0 Å². The van der Waals surface area contributed by atoms with E-state index < -0.39 is 5.97 Å². The van der Waals surface area contributed by atoms with E-state index in [9.17, 15) is 19.5 Å². The van der Waals surface area contributed by atoms with Crippen LogP contribution < -0.4 is 4.74 Å². The van der Waals surface area contributed by atoms with Crippen LogP contribution in [0.4, 0.5) is 0 Å². The van der Waals surface area contributed by atoms with Gasteiger partial charge in [0.15, 0.2) is 0 Å². The maximum absolute atomic E-state index is 11.8. The molecule has 0 aliphatic carbocycles. The monoisotopic (exact) mass is 500 g/mol. The molecular weight excluding hydrogens is 468 g/mol. The highest BCUT2D eigenvalue weighted by Gasteiger charge is 2.28. The Bertz CT molecular complexity index is 1020. The van der Waals surface area contributed by atoms with Crippen LogP contribution in [-0.2, 0) is 20.9 Å². The van der Waals surface area contributed by atoms with E-state index in [1.165, 1.54) is 4.90 Å². The molecule has 8 heteroatoms. The topological polar surface area (TPSA) is 87.2 Å². The van der Waals surface area contributed by atoms with Gasteiger partial charge in [0.2, 0.25) is 11.8 Å². The first kappa shape index (κ1) is 26.7. The van der Waals surface area contributed by atoms with Gasteiger partial charge in [-0.15, -0.1) is 0 Å². The maximum atomic E-state index is 11.8.